The number of benzene rings is 2. The Hall–Kier alpha value is -1.80. The van der Waals surface area contributed by atoms with Gasteiger partial charge < -0.3 is 5.73 Å². The minimum absolute atomic E-state index is 0. The van der Waals surface area contributed by atoms with Crippen LogP contribution < -0.4 is 5.73 Å². The lowest BCUT2D eigenvalue weighted by Gasteiger charge is -2.07. The summed E-state index contributed by atoms with van der Waals surface area (Å²) in [6.45, 7) is 4.26. The van der Waals surface area contributed by atoms with Crippen molar-refractivity contribution < 1.29 is 4.79 Å². The number of carbonyl (C=O) groups excluding carboxylic acids is 1. The molecule has 2 rings (SSSR count). The molecule has 0 atom stereocenters. The lowest BCUT2D eigenvalue weighted by molar-refractivity contribution is 0.103. The fraction of sp³-hybridized carbons (Fsp3) is 0.188. The van der Waals surface area contributed by atoms with E-state index in [9.17, 15) is 4.79 Å². The number of rotatable bonds is 3. The molecular formula is C16H18ClNO. The van der Waals surface area contributed by atoms with Gasteiger partial charge in [-0.3, -0.25) is 4.79 Å². The monoisotopic (exact) mass is 275 g/mol. The lowest BCUT2D eigenvalue weighted by Crippen LogP contribution is -2.05. The molecule has 0 radical (unpaired) electrons. The van der Waals surface area contributed by atoms with E-state index in [-0.39, 0.29) is 18.2 Å². The minimum atomic E-state index is -0.0246. The third-order valence-electron chi connectivity index (χ3n) is 3.04. The van der Waals surface area contributed by atoms with Gasteiger partial charge in [-0.2, -0.15) is 0 Å². The number of anilines is 1. The zero-order chi connectivity index (χ0) is 13.1. The third kappa shape index (κ3) is 3.36. The smallest absolute Gasteiger partial charge is 0.195 e. The van der Waals surface area contributed by atoms with Crippen molar-refractivity contribution in [1.82, 2.24) is 0 Å². The lowest BCUT2D eigenvalue weighted by atomic mass is 9.97. The predicted octanol–water partition coefficient (Wildman–Crippen LogP) is 4.05. The normalized spacial score (nSPS) is 10.1. The van der Waals surface area contributed by atoms with Crippen molar-refractivity contribution in [2.75, 3.05) is 5.73 Å². The molecule has 0 aliphatic carbocycles. The molecule has 2 nitrogen and oxygen atoms in total. The zero-order valence-electron chi connectivity index (χ0n) is 11.1. The van der Waals surface area contributed by atoms with Crippen molar-refractivity contribution in [3.05, 3.63) is 65.2 Å². The third-order valence-corrected chi connectivity index (χ3v) is 3.04. The second kappa shape index (κ2) is 6.39. The van der Waals surface area contributed by atoms with Gasteiger partial charge in [0, 0.05) is 16.8 Å². The van der Waals surface area contributed by atoms with Crippen molar-refractivity contribution in [3.8, 4) is 0 Å². The van der Waals surface area contributed by atoms with Crippen LogP contribution in [-0.4, -0.2) is 5.78 Å². The predicted molar refractivity (Wildman–Crippen MR) is 82.1 cm³/mol. The Morgan fingerprint density at radius 3 is 2.11 bits per heavy atom. The summed E-state index contributed by atoms with van der Waals surface area (Å²) < 4.78 is 0. The molecule has 0 saturated carbocycles. The van der Waals surface area contributed by atoms with Gasteiger partial charge in [0.15, 0.2) is 5.78 Å². The van der Waals surface area contributed by atoms with E-state index in [1.807, 2.05) is 36.4 Å². The van der Waals surface area contributed by atoms with Gasteiger partial charge in [0.2, 0.25) is 0 Å². The topological polar surface area (TPSA) is 43.1 Å². The van der Waals surface area contributed by atoms with Crippen LogP contribution in [0.25, 0.3) is 0 Å². The highest BCUT2D eigenvalue weighted by Gasteiger charge is 2.11. The molecule has 0 unspecified atom stereocenters. The van der Waals surface area contributed by atoms with E-state index in [0.717, 1.165) is 0 Å². The second-order valence-electron chi connectivity index (χ2n) is 4.69. The van der Waals surface area contributed by atoms with Gasteiger partial charge in [-0.1, -0.05) is 50.2 Å². The summed E-state index contributed by atoms with van der Waals surface area (Å²) in [5.74, 6) is 0.444. The van der Waals surface area contributed by atoms with E-state index in [4.69, 9.17) is 5.73 Å². The van der Waals surface area contributed by atoms with Crippen LogP contribution in [0.3, 0.4) is 0 Å². The van der Waals surface area contributed by atoms with Gasteiger partial charge in [-0.05, 0) is 23.6 Å². The van der Waals surface area contributed by atoms with Crippen LogP contribution in [0, 0.1) is 0 Å². The summed E-state index contributed by atoms with van der Waals surface area (Å²) in [5.41, 5.74) is 8.81. The van der Waals surface area contributed by atoms with E-state index < -0.39 is 0 Å². The molecule has 3 heteroatoms. The summed E-state index contributed by atoms with van der Waals surface area (Å²) in [5, 5.41) is 0. The van der Waals surface area contributed by atoms with Crippen LogP contribution in [0.2, 0.25) is 0 Å². The zero-order valence-corrected chi connectivity index (χ0v) is 11.9. The van der Waals surface area contributed by atoms with E-state index in [0.29, 0.717) is 22.7 Å². The highest BCUT2D eigenvalue weighted by Crippen LogP contribution is 2.19. The van der Waals surface area contributed by atoms with Crippen molar-refractivity contribution in [2.45, 2.75) is 19.8 Å². The average molecular weight is 276 g/mol. The van der Waals surface area contributed by atoms with Crippen LogP contribution in [0.4, 0.5) is 5.69 Å². The number of ketones is 1. The van der Waals surface area contributed by atoms with Crippen LogP contribution in [-0.2, 0) is 0 Å². The van der Waals surface area contributed by atoms with Gasteiger partial charge in [0.05, 0.1) is 0 Å². The molecule has 0 spiro atoms. The molecule has 19 heavy (non-hydrogen) atoms. The minimum Gasteiger partial charge on any atom is -0.398 e. The molecule has 0 saturated heterocycles. The Kier molecular flexibility index (Phi) is 5.13. The first-order valence-electron chi connectivity index (χ1n) is 6.08. The Labute approximate surface area is 120 Å². The molecule has 0 heterocycles. The van der Waals surface area contributed by atoms with Crippen molar-refractivity contribution in [1.29, 1.82) is 0 Å². The standard InChI is InChI=1S/C16H17NO.ClH/c1-11(2)12-7-9-13(10-8-12)16(18)14-5-3-4-6-15(14)17;/h3-11H,17H2,1-2H3;1H. The quantitative estimate of drug-likeness (QED) is 0.678. The summed E-state index contributed by atoms with van der Waals surface area (Å²) in [6.07, 6.45) is 0. The molecule has 0 aliphatic heterocycles. The molecule has 0 aromatic heterocycles. The average Bonchev–Trinajstić information content (AvgIpc) is 2.38. The maximum absolute atomic E-state index is 12.3. The van der Waals surface area contributed by atoms with Crippen molar-refractivity contribution >= 4 is 23.9 Å². The highest BCUT2D eigenvalue weighted by molar-refractivity contribution is 6.12. The first-order chi connectivity index (χ1) is 8.59. The Morgan fingerprint density at radius 1 is 1.00 bits per heavy atom. The maximum Gasteiger partial charge on any atom is 0.195 e. The number of hydrogen-bond donors (Lipinski definition) is 1. The van der Waals surface area contributed by atoms with Gasteiger partial charge in [-0.25, -0.2) is 0 Å². The van der Waals surface area contributed by atoms with Gasteiger partial charge >= 0.3 is 0 Å². The molecule has 2 N–H and O–H groups in total. The largest absolute Gasteiger partial charge is 0.398 e. The molecule has 2 aromatic carbocycles. The van der Waals surface area contributed by atoms with Crippen LogP contribution in [0.1, 0.15) is 41.3 Å². The molecule has 0 fully saturated rings. The molecule has 0 bridgehead atoms. The second-order valence-corrected chi connectivity index (χ2v) is 4.69. The van der Waals surface area contributed by atoms with Gasteiger partial charge in [-0.15, -0.1) is 12.4 Å². The van der Waals surface area contributed by atoms with Crippen LogP contribution in [0.15, 0.2) is 48.5 Å². The number of nitrogens with two attached hydrogens (primary N) is 1. The van der Waals surface area contributed by atoms with Crippen LogP contribution in [0.5, 0.6) is 0 Å². The number of hydrogen-bond acceptors (Lipinski definition) is 2. The molecular weight excluding hydrogens is 258 g/mol. The molecule has 2 aromatic rings. The number of nitrogen functional groups attached to an aromatic ring is 1. The fourth-order valence-electron chi connectivity index (χ4n) is 1.88. The van der Waals surface area contributed by atoms with Crippen molar-refractivity contribution in [2.24, 2.45) is 0 Å². The Morgan fingerprint density at radius 2 is 1.58 bits per heavy atom. The summed E-state index contributed by atoms with van der Waals surface area (Å²) >= 11 is 0. The molecule has 0 aliphatic rings. The number of halogens is 1. The van der Waals surface area contributed by atoms with Crippen LogP contribution >= 0.6 is 12.4 Å². The van der Waals surface area contributed by atoms with Gasteiger partial charge in [0.1, 0.15) is 0 Å². The first-order valence-corrected chi connectivity index (χ1v) is 6.08. The van der Waals surface area contributed by atoms with Gasteiger partial charge in [0.25, 0.3) is 0 Å². The maximum atomic E-state index is 12.3. The molecule has 100 valence electrons. The Bertz CT molecular complexity index is 561. The number of carbonyl (C=O) groups is 1. The highest BCUT2D eigenvalue weighted by atomic mass is 35.5. The molecule has 0 amide bonds. The van der Waals surface area contributed by atoms with E-state index >= 15 is 0 Å². The van der Waals surface area contributed by atoms with E-state index in [2.05, 4.69) is 13.8 Å². The SMILES string of the molecule is CC(C)c1ccc(C(=O)c2ccccc2N)cc1.Cl. The first kappa shape index (κ1) is 15.3. The summed E-state index contributed by atoms with van der Waals surface area (Å²) in [4.78, 5) is 12.3. The van der Waals surface area contributed by atoms with E-state index in [1.165, 1.54) is 5.56 Å². The van der Waals surface area contributed by atoms with E-state index in [1.54, 1.807) is 12.1 Å². The fourth-order valence-corrected chi connectivity index (χ4v) is 1.88. The Balaban J connectivity index is 0.00000180. The summed E-state index contributed by atoms with van der Waals surface area (Å²) in [7, 11) is 0. The summed E-state index contributed by atoms with van der Waals surface area (Å²) in [6, 6.07) is 14.9. The van der Waals surface area contributed by atoms with Crippen molar-refractivity contribution in [3.63, 3.8) is 0 Å². The number of para-hydroxylation sites is 1.